The fourth-order valence-electron chi connectivity index (χ4n) is 5.24. The molecule has 1 saturated heterocycles. The van der Waals surface area contributed by atoms with Crippen LogP contribution in [-0.4, -0.2) is 50.0 Å². The molecule has 0 bridgehead atoms. The molecule has 4 heteroatoms. The molecular formula is C21H33NO3. The zero-order chi connectivity index (χ0) is 18.2. The number of likely N-dealkylation sites (tertiary alicyclic amines) is 1. The number of likely N-dealkylation sites (N-methyl/N-ethyl adjacent to an activating group) is 1. The van der Waals surface area contributed by atoms with Crippen molar-refractivity contribution in [2.24, 2.45) is 11.8 Å². The van der Waals surface area contributed by atoms with Crippen LogP contribution in [0.15, 0.2) is 18.2 Å². The molecule has 1 aliphatic heterocycles. The molecule has 4 atom stereocenters. The first-order chi connectivity index (χ1) is 11.9. The molecule has 0 spiro atoms. The number of ether oxygens (including phenoxy) is 2. The Bertz CT molecular complexity index is 603. The van der Waals surface area contributed by atoms with Crippen molar-refractivity contribution in [2.75, 3.05) is 27.8 Å². The highest BCUT2D eigenvalue weighted by Gasteiger charge is 2.53. The lowest BCUT2D eigenvalue weighted by atomic mass is 9.61. The Morgan fingerprint density at radius 2 is 1.96 bits per heavy atom. The first-order valence-electron chi connectivity index (χ1n) is 9.52. The van der Waals surface area contributed by atoms with Crippen LogP contribution in [0.5, 0.6) is 11.5 Å². The molecule has 0 aromatic heterocycles. The van der Waals surface area contributed by atoms with E-state index >= 15 is 0 Å². The van der Waals surface area contributed by atoms with Crippen molar-refractivity contribution in [1.29, 1.82) is 0 Å². The monoisotopic (exact) mass is 347 g/mol. The van der Waals surface area contributed by atoms with Crippen molar-refractivity contribution >= 4 is 0 Å². The standard InChI is InChI=1S/C21H33NO3/c1-14(2)10-15-13-21(8-9-22(3)20(21)12-17(15)23)16-6-7-18(24-4)19(11-16)25-5/h6-7,11,14-15,17,20,23H,8-10,12-13H2,1-5H3/t15-,17+,20+,21-/m1/s1. The molecule has 3 rings (SSSR count). The van der Waals surface area contributed by atoms with Gasteiger partial charge in [0, 0.05) is 11.5 Å². The summed E-state index contributed by atoms with van der Waals surface area (Å²) in [5.41, 5.74) is 1.44. The fourth-order valence-corrected chi connectivity index (χ4v) is 5.24. The van der Waals surface area contributed by atoms with Crippen LogP contribution in [0.4, 0.5) is 0 Å². The summed E-state index contributed by atoms with van der Waals surface area (Å²) in [7, 11) is 5.57. The predicted octanol–water partition coefficient (Wildman–Crippen LogP) is 3.46. The fraction of sp³-hybridized carbons (Fsp3) is 0.714. The molecule has 0 unspecified atom stereocenters. The molecule has 25 heavy (non-hydrogen) atoms. The molecular weight excluding hydrogens is 314 g/mol. The summed E-state index contributed by atoms with van der Waals surface area (Å²) in [5.74, 6) is 2.56. The topological polar surface area (TPSA) is 41.9 Å². The average Bonchev–Trinajstić information content (AvgIpc) is 2.91. The SMILES string of the molecule is COc1ccc([C@]23CCN(C)[C@H]2C[C@H](O)[C@H](CC(C)C)C3)cc1OC. The van der Waals surface area contributed by atoms with Gasteiger partial charge in [-0.1, -0.05) is 19.9 Å². The maximum atomic E-state index is 10.8. The normalized spacial score (nSPS) is 32.7. The molecule has 1 saturated carbocycles. The van der Waals surface area contributed by atoms with Crippen molar-refractivity contribution in [3.8, 4) is 11.5 Å². The van der Waals surface area contributed by atoms with Gasteiger partial charge >= 0.3 is 0 Å². The number of fused-ring (bicyclic) bond motifs is 1. The Morgan fingerprint density at radius 3 is 2.60 bits per heavy atom. The van der Waals surface area contributed by atoms with E-state index in [2.05, 4.69) is 37.9 Å². The van der Waals surface area contributed by atoms with Gasteiger partial charge in [0.2, 0.25) is 0 Å². The predicted molar refractivity (Wildman–Crippen MR) is 100 cm³/mol. The van der Waals surface area contributed by atoms with Gasteiger partial charge in [0.15, 0.2) is 11.5 Å². The zero-order valence-corrected chi connectivity index (χ0v) is 16.3. The second-order valence-corrected chi connectivity index (χ2v) is 8.37. The van der Waals surface area contributed by atoms with Crippen LogP contribution in [0.25, 0.3) is 0 Å². The molecule has 2 aliphatic rings. The Kier molecular flexibility index (Phi) is 5.31. The molecule has 1 aromatic carbocycles. The van der Waals surface area contributed by atoms with Crippen molar-refractivity contribution in [1.82, 2.24) is 4.90 Å². The largest absolute Gasteiger partial charge is 0.493 e. The lowest BCUT2D eigenvalue weighted by molar-refractivity contribution is -0.000799. The molecule has 0 radical (unpaired) electrons. The van der Waals surface area contributed by atoms with Crippen LogP contribution < -0.4 is 9.47 Å². The molecule has 4 nitrogen and oxygen atoms in total. The van der Waals surface area contributed by atoms with Gasteiger partial charge in [-0.25, -0.2) is 0 Å². The van der Waals surface area contributed by atoms with E-state index in [9.17, 15) is 5.11 Å². The summed E-state index contributed by atoms with van der Waals surface area (Å²) in [6.45, 7) is 5.59. The van der Waals surface area contributed by atoms with Gasteiger partial charge in [0.1, 0.15) is 0 Å². The van der Waals surface area contributed by atoms with Crippen LogP contribution in [0.3, 0.4) is 0 Å². The molecule has 1 aromatic rings. The summed E-state index contributed by atoms with van der Waals surface area (Å²) in [5, 5.41) is 10.8. The molecule has 140 valence electrons. The van der Waals surface area contributed by atoms with Gasteiger partial charge in [-0.2, -0.15) is 0 Å². The summed E-state index contributed by atoms with van der Waals surface area (Å²) in [4.78, 5) is 2.44. The highest BCUT2D eigenvalue weighted by Crippen LogP contribution is 2.52. The van der Waals surface area contributed by atoms with E-state index in [1.54, 1.807) is 14.2 Å². The average molecular weight is 347 g/mol. The lowest BCUT2D eigenvalue weighted by Crippen LogP contribution is -2.51. The Balaban J connectivity index is 2.00. The molecule has 1 heterocycles. The van der Waals surface area contributed by atoms with Gasteiger partial charge in [-0.15, -0.1) is 0 Å². The van der Waals surface area contributed by atoms with Gasteiger partial charge < -0.3 is 19.5 Å². The second kappa shape index (κ2) is 7.16. The highest BCUT2D eigenvalue weighted by molar-refractivity contribution is 5.46. The van der Waals surface area contributed by atoms with Crippen molar-refractivity contribution in [3.05, 3.63) is 23.8 Å². The minimum absolute atomic E-state index is 0.104. The Morgan fingerprint density at radius 1 is 1.24 bits per heavy atom. The number of nitrogens with zero attached hydrogens (tertiary/aromatic N) is 1. The Hall–Kier alpha value is -1.26. The molecule has 1 N–H and O–H groups in total. The van der Waals surface area contributed by atoms with Gasteiger partial charge in [-0.05, 0) is 68.8 Å². The van der Waals surface area contributed by atoms with Crippen LogP contribution >= 0.6 is 0 Å². The summed E-state index contributed by atoms with van der Waals surface area (Å²) in [6, 6.07) is 6.79. The summed E-state index contributed by atoms with van der Waals surface area (Å²) >= 11 is 0. The number of rotatable bonds is 5. The van der Waals surface area contributed by atoms with E-state index in [-0.39, 0.29) is 11.5 Å². The van der Waals surface area contributed by atoms with Crippen molar-refractivity contribution in [2.45, 2.75) is 57.1 Å². The van der Waals surface area contributed by atoms with Crippen LogP contribution in [0.2, 0.25) is 0 Å². The number of aliphatic hydroxyl groups excluding tert-OH is 1. The number of hydrogen-bond acceptors (Lipinski definition) is 4. The van der Waals surface area contributed by atoms with E-state index in [1.165, 1.54) is 5.56 Å². The number of hydrogen-bond donors (Lipinski definition) is 1. The summed E-state index contributed by atoms with van der Waals surface area (Å²) < 4.78 is 11.0. The van der Waals surface area contributed by atoms with Crippen LogP contribution in [0.1, 0.15) is 45.1 Å². The van der Waals surface area contributed by atoms with Gasteiger partial charge in [0.05, 0.1) is 20.3 Å². The third-order valence-corrected chi connectivity index (χ3v) is 6.45. The van der Waals surface area contributed by atoms with Crippen LogP contribution in [-0.2, 0) is 5.41 Å². The minimum atomic E-state index is -0.193. The molecule has 1 aliphatic carbocycles. The Labute approximate surface area is 152 Å². The van der Waals surface area contributed by atoms with Crippen LogP contribution in [0, 0.1) is 11.8 Å². The third-order valence-electron chi connectivity index (χ3n) is 6.45. The maximum Gasteiger partial charge on any atom is 0.161 e. The van der Waals surface area contributed by atoms with Gasteiger partial charge in [0.25, 0.3) is 0 Å². The van der Waals surface area contributed by atoms with E-state index in [4.69, 9.17) is 9.47 Å². The maximum absolute atomic E-state index is 10.8. The molecule has 2 fully saturated rings. The second-order valence-electron chi connectivity index (χ2n) is 8.37. The van der Waals surface area contributed by atoms with E-state index in [0.717, 1.165) is 43.7 Å². The number of methoxy groups -OCH3 is 2. The smallest absolute Gasteiger partial charge is 0.161 e. The zero-order valence-electron chi connectivity index (χ0n) is 16.3. The van der Waals surface area contributed by atoms with Crippen molar-refractivity contribution < 1.29 is 14.6 Å². The van der Waals surface area contributed by atoms with E-state index in [1.807, 2.05) is 6.07 Å². The number of benzene rings is 1. The minimum Gasteiger partial charge on any atom is -0.493 e. The highest BCUT2D eigenvalue weighted by atomic mass is 16.5. The summed E-state index contributed by atoms with van der Waals surface area (Å²) in [6.07, 6.45) is 3.96. The van der Waals surface area contributed by atoms with Gasteiger partial charge in [-0.3, -0.25) is 0 Å². The first kappa shape index (κ1) is 18.5. The lowest BCUT2D eigenvalue weighted by Gasteiger charge is -2.47. The third kappa shape index (κ3) is 3.26. The van der Waals surface area contributed by atoms with E-state index < -0.39 is 0 Å². The quantitative estimate of drug-likeness (QED) is 0.886. The number of aliphatic hydroxyl groups is 1. The van der Waals surface area contributed by atoms with E-state index in [0.29, 0.717) is 17.9 Å². The van der Waals surface area contributed by atoms with Crippen molar-refractivity contribution in [3.63, 3.8) is 0 Å². The molecule has 0 amide bonds. The first-order valence-corrected chi connectivity index (χ1v) is 9.52.